The van der Waals surface area contributed by atoms with Crippen molar-refractivity contribution in [3.8, 4) is 0 Å². The standard InChI is InChI=1S/C12H20BrN3/c1-8(9-5-6-9)11-15-14-10(7-13)16(11)12(2,3)4/h8-9H,5-7H2,1-4H3. The molecular weight excluding hydrogens is 266 g/mol. The van der Waals surface area contributed by atoms with Crippen LogP contribution in [0.1, 0.15) is 58.1 Å². The Morgan fingerprint density at radius 1 is 1.38 bits per heavy atom. The van der Waals surface area contributed by atoms with E-state index in [1.54, 1.807) is 0 Å². The number of hydrogen-bond donors (Lipinski definition) is 0. The number of hydrogen-bond acceptors (Lipinski definition) is 2. The van der Waals surface area contributed by atoms with Crippen molar-refractivity contribution in [3.63, 3.8) is 0 Å². The first-order chi connectivity index (χ1) is 7.45. The molecule has 0 spiro atoms. The molecule has 1 aromatic heterocycles. The zero-order valence-electron chi connectivity index (χ0n) is 10.5. The van der Waals surface area contributed by atoms with E-state index in [2.05, 4.69) is 58.4 Å². The average molecular weight is 286 g/mol. The van der Waals surface area contributed by atoms with E-state index in [1.165, 1.54) is 12.8 Å². The zero-order valence-corrected chi connectivity index (χ0v) is 12.1. The van der Waals surface area contributed by atoms with Crippen LogP contribution in [0.25, 0.3) is 0 Å². The Balaban J connectivity index is 2.40. The lowest BCUT2D eigenvalue weighted by atomic mass is 10.0. The van der Waals surface area contributed by atoms with Gasteiger partial charge in [0, 0.05) is 11.5 Å². The van der Waals surface area contributed by atoms with Crippen LogP contribution in [-0.2, 0) is 10.9 Å². The minimum atomic E-state index is 0.0606. The largest absolute Gasteiger partial charge is 0.309 e. The first-order valence-electron chi connectivity index (χ1n) is 5.95. The molecule has 1 saturated carbocycles. The van der Waals surface area contributed by atoms with Gasteiger partial charge >= 0.3 is 0 Å². The summed E-state index contributed by atoms with van der Waals surface area (Å²) in [6.45, 7) is 8.92. The predicted octanol–water partition coefficient (Wildman–Crippen LogP) is 3.44. The van der Waals surface area contributed by atoms with Crippen molar-refractivity contribution in [1.29, 1.82) is 0 Å². The van der Waals surface area contributed by atoms with Crippen LogP contribution in [0.4, 0.5) is 0 Å². The highest BCUT2D eigenvalue weighted by Crippen LogP contribution is 2.42. The van der Waals surface area contributed by atoms with E-state index in [0.29, 0.717) is 5.92 Å². The zero-order chi connectivity index (χ0) is 11.9. The molecule has 1 aliphatic carbocycles. The third-order valence-electron chi connectivity index (χ3n) is 3.28. The highest BCUT2D eigenvalue weighted by molar-refractivity contribution is 9.08. The van der Waals surface area contributed by atoms with Crippen LogP contribution in [0.5, 0.6) is 0 Å². The third-order valence-corrected chi connectivity index (χ3v) is 3.78. The van der Waals surface area contributed by atoms with Gasteiger partial charge in [0.05, 0.1) is 5.33 Å². The van der Waals surface area contributed by atoms with Gasteiger partial charge in [-0.05, 0) is 39.5 Å². The molecule has 2 rings (SSSR count). The molecule has 0 saturated heterocycles. The van der Waals surface area contributed by atoms with Crippen molar-refractivity contribution in [1.82, 2.24) is 14.8 Å². The molecule has 1 fully saturated rings. The van der Waals surface area contributed by atoms with Gasteiger partial charge in [0.15, 0.2) is 0 Å². The molecule has 1 aliphatic rings. The topological polar surface area (TPSA) is 30.7 Å². The van der Waals surface area contributed by atoms with Gasteiger partial charge in [-0.25, -0.2) is 0 Å². The van der Waals surface area contributed by atoms with E-state index in [4.69, 9.17) is 0 Å². The molecule has 1 aromatic rings. The van der Waals surface area contributed by atoms with Crippen LogP contribution in [0.3, 0.4) is 0 Å². The molecule has 0 amide bonds. The molecule has 16 heavy (non-hydrogen) atoms. The summed E-state index contributed by atoms with van der Waals surface area (Å²) in [5.74, 6) is 3.56. The second kappa shape index (κ2) is 4.13. The van der Waals surface area contributed by atoms with Gasteiger partial charge in [0.25, 0.3) is 0 Å². The minimum absolute atomic E-state index is 0.0606. The average Bonchev–Trinajstić information content (AvgIpc) is 2.93. The maximum absolute atomic E-state index is 4.40. The summed E-state index contributed by atoms with van der Waals surface area (Å²) in [7, 11) is 0. The van der Waals surface area contributed by atoms with Crippen LogP contribution in [0.15, 0.2) is 0 Å². The minimum Gasteiger partial charge on any atom is -0.309 e. The molecule has 1 unspecified atom stereocenters. The van der Waals surface area contributed by atoms with Crippen LogP contribution in [0.2, 0.25) is 0 Å². The van der Waals surface area contributed by atoms with E-state index in [0.717, 1.165) is 22.9 Å². The number of alkyl halides is 1. The highest BCUT2D eigenvalue weighted by Gasteiger charge is 2.34. The predicted molar refractivity (Wildman–Crippen MR) is 68.8 cm³/mol. The molecule has 90 valence electrons. The van der Waals surface area contributed by atoms with E-state index in [1.807, 2.05) is 0 Å². The van der Waals surface area contributed by atoms with Gasteiger partial charge in [-0.1, -0.05) is 22.9 Å². The van der Waals surface area contributed by atoms with Crippen LogP contribution in [0, 0.1) is 5.92 Å². The molecule has 1 heterocycles. The first-order valence-corrected chi connectivity index (χ1v) is 7.08. The van der Waals surface area contributed by atoms with E-state index in [9.17, 15) is 0 Å². The summed E-state index contributed by atoms with van der Waals surface area (Å²) in [4.78, 5) is 0. The third kappa shape index (κ3) is 2.17. The molecule has 0 bridgehead atoms. The Morgan fingerprint density at radius 2 is 2.00 bits per heavy atom. The lowest BCUT2D eigenvalue weighted by Gasteiger charge is -2.26. The fourth-order valence-electron chi connectivity index (χ4n) is 2.25. The quantitative estimate of drug-likeness (QED) is 0.797. The number of nitrogens with zero attached hydrogens (tertiary/aromatic N) is 3. The molecule has 3 nitrogen and oxygen atoms in total. The van der Waals surface area contributed by atoms with Gasteiger partial charge in [-0.15, -0.1) is 10.2 Å². The molecule has 0 aromatic carbocycles. The van der Waals surface area contributed by atoms with Crippen molar-refractivity contribution < 1.29 is 0 Å². The van der Waals surface area contributed by atoms with Gasteiger partial charge in [0.1, 0.15) is 11.6 Å². The maximum Gasteiger partial charge on any atom is 0.144 e. The lowest BCUT2D eigenvalue weighted by molar-refractivity contribution is 0.361. The summed E-state index contributed by atoms with van der Waals surface area (Å²) in [6, 6.07) is 0. The number of halogens is 1. The highest BCUT2D eigenvalue weighted by atomic mass is 79.9. The Bertz CT molecular complexity index is 374. The Morgan fingerprint density at radius 3 is 2.44 bits per heavy atom. The van der Waals surface area contributed by atoms with E-state index < -0.39 is 0 Å². The maximum atomic E-state index is 4.40. The van der Waals surface area contributed by atoms with Crippen molar-refractivity contribution in [3.05, 3.63) is 11.6 Å². The van der Waals surface area contributed by atoms with E-state index >= 15 is 0 Å². The summed E-state index contributed by atoms with van der Waals surface area (Å²) in [5, 5.41) is 9.47. The fourth-order valence-corrected chi connectivity index (χ4v) is 2.61. The number of rotatable bonds is 3. The smallest absolute Gasteiger partial charge is 0.144 e. The summed E-state index contributed by atoms with van der Waals surface area (Å²) in [5.41, 5.74) is 0.0606. The van der Waals surface area contributed by atoms with Crippen LogP contribution in [-0.4, -0.2) is 14.8 Å². The number of aromatic nitrogens is 3. The molecular formula is C12H20BrN3. The van der Waals surface area contributed by atoms with Crippen LogP contribution >= 0.6 is 15.9 Å². The molecule has 1 atom stereocenters. The molecule has 0 N–H and O–H groups in total. The van der Waals surface area contributed by atoms with Gasteiger partial charge in [-0.3, -0.25) is 0 Å². The van der Waals surface area contributed by atoms with E-state index in [-0.39, 0.29) is 5.54 Å². The van der Waals surface area contributed by atoms with Crippen molar-refractivity contribution in [2.75, 3.05) is 0 Å². The summed E-state index contributed by atoms with van der Waals surface area (Å²) < 4.78 is 2.30. The molecule has 4 heteroatoms. The molecule has 0 aliphatic heterocycles. The fraction of sp³-hybridized carbons (Fsp3) is 0.833. The van der Waals surface area contributed by atoms with Crippen LogP contribution < -0.4 is 0 Å². The van der Waals surface area contributed by atoms with Crippen molar-refractivity contribution in [2.24, 2.45) is 5.92 Å². The van der Waals surface area contributed by atoms with Gasteiger partial charge < -0.3 is 4.57 Å². The van der Waals surface area contributed by atoms with Crippen molar-refractivity contribution >= 4 is 15.9 Å². The first kappa shape index (κ1) is 12.1. The lowest BCUT2D eigenvalue weighted by Crippen LogP contribution is -2.27. The summed E-state index contributed by atoms with van der Waals surface area (Å²) >= 11 is 3.49. The Kier molecular flexibility index (Phi) is 3.12. The van der Waals surface area contributed by atoms with Gasteiger partial charge in [0.2, 0.25) is 0 Å². The Hall–Kier alpha value is -0.380. The molecule has 0 radical (unpaired) electrons. The Labute approximate surface area is 106 Å². The van der Waals surface area contributed by atoms with Crippen molar-refractivity contribution in [2.45, 2.75) is 57.3 Å². The second-order valence-corrected chi connectivity index (χ2v) is 6.30. The second-order valence-electron chi connectivity index (χ2n) is 5.74. The monoisotopic (exact) mass is 285 g/mol. The SMILES string of the molecule is CC(c1nnc(CBr)n1C(C)(C)C)C1CC1. The van der Waals surface area contributed by atoms with Gasteiger partial charge in [-0.2, -0.15) is 0 Å². The normalized spacial score (nSPS) is 18.8. The summed E-state index contributed by atoms with van der Waals surface area (Å²) in [6.07, 6.45) is 2.70.